The second-order valence-electron chi connectivity index (χ2n) is 5.97. The molecular weight excluding hydrogens is 358 g/mol. The molecule has 0 radical (unpaired) electrons. The van der Waals surface area contributed by atoms with Gasteiger partial charge in [0.2, 0.25) is 11.8 Å². The lowest BCUT2D eigenvalue weighted by Gasteiger charge is -2.13. The summed E-state index contributed by atoms with van der Waals surface area (Å²) in [6, 6.07) is 14.4. The fourth-order valence-corrected chi connectivity index (χ4v) is 2.82. The molecule has 4 rings (SSSR count). The van der Waals surface area contributed by atoms with Crippen LogP contribution >= 0.6 is 0 Å². The van der Waals surface area contributed by atoms with Gasteiger partial charge in [0.25, 0.3) is 11.5 Å². The molecule has 2 heterocycles. The Bertz CT molecular complexity index is 1220. The quantitative estimate of drug-likeness (QED) is 0.411. The first-order valence-electron chi connectivity index (χ1n) is 8.75. The van der Waals surface area contributed by atoms with Crippen LogP contribution in [0.25, 0.3) is 28.1 Å². The van der Waals surface area contributed by atoms with Crippen LogP contribution in [0.15, 0.2) is 63.8 Å². The summed E-state index contributed by atoms with van der Waals surface area (Å²) in [5, 5.41) is 0.525. The fraction of sp³-hybridized carbons (Fsp3) is 0.100. The van der Waals surface area contributed by atoms with Gasteiger partial charge in [0.1, 0.15) is 5.52 Å². The van der Waals surface area contributed by atoms with Gasteiger partial charge >= 0.3 is 0 Å². The average molecular weight is 375 g/mol. The number of anilines is 1. The Morgan fingerprint density at radius 2 is 1.86 bits per heavy atom. The van der Waals surface area contributed by atoms with Crippen LogP contribution in [0.1, 0.15) is 12.8 Å². The van der Waals surface area contributed by atoms with Gasteiger partial charge in [-0.05, 0) is 31.2 Å². The first-order valence-corrected chi connectivity index (χ1v) is 8.75. The molecule has 8 heteroatoms. The zero-order valence-electron chi connectivity index (χ0n) is 15.0. The van der Waals surface area contributed by atoms with Crippen molar-refractivity contribution in [3.63, 3.8) is 0 Å². The summed E-state index contributed by atoms with van der Waals surface area (Å²) in [6.45, 7) is 2.24. The Morgan fingerprint density at radius 1 is 1.11 bits per heavy atom. The van der Waals surface area contributed by atoms with Crippen LogP contribution in [0.3, 0.4) is 0 Å². The van der Waals surface area contributed by atoms with Gasteiger partial charge in [-0.15, -0.1) is 0 Å². The van der Waals surface area contributed by atoms with Crippen LogP contribution in [-0.2, 0) is 11.3 Å². The molecule has 0 aliphatic carbocycles. The number of hydrazine groups is 1. The minimum Gasteiger partial charge on any atom is -0.437 e. The summed E-state index contributed by atoms with van der Waals surface area (Å²) < 4.78 is 6.98. The van der Waals surface area contributed by atoms with Crippen LogP contribution in [0.2, 0.25) is 0 Å². The third kappa shape index (κ3) is 3.35. The van der Waals surface area contributed by atoms with Gasteiger partial charge in [-0.25, -0.2) is 9.97 Å². The van der Waals surface area contributed by atoms with E-state index in [4.69, 9.17) is 4.42 Å². The molecule has 2 aromatic heterocycles. The van der Waals surface area contributed by atoms with Crippen LogP contribution in [0, 0.1) is 0 Å². The number of amides is 1. The molecule has 0 spiro atoms. The zero-order valence-corrected chi connectivity index (χ0v) is 15.0. The van der Waals surface area contributed by atoms with Crippen LogP contribution in [-0.4, -0.2) is 20.4 Å². The van der Waals surface area contributed by atoms with Gasteiger partial charge in [0.15, 0.2) is 5.58 Å². The maximum absolute atomic E-state index is 12.6. The van der Waals surface area contributed by atoms with E-state index in [0.717, 1.165) is 0 Å². The zero-order chi connectivity index (χ0) is 19.5. The molecule has 0 unspecified atom stereocenters. The Hall–Kier alpha value is -3.94. The van der Waals surface area contributed by atoms with E-state index in [2.05, 4.69) is 20.8 Å². The Labute approximate surface area is 159 Å². The second-order valence-corrected chi connectivity index (χ2v) is 5.97. The summed E-state index contributed by atoms with van der Waals surface area (Å²) in [5.74, 6) is 0.146. The number of para-hydroxylation sites is 3. The van der Waals surface area contributed by atoms with E-state index < -0.39 is 5.91 Å². The third-order valence-electron chi connectivity index (χ3n) is 4.16. The summed E-state index contributed by atoms with van der Waals surface area (Å²) in [4.78, 5) is 33.3. The van der Waals surface area contributed by atoms with E-state index in [0.29, 0.717) is 34.4 Å². The molecule has 0 aliphatic heterocycles. The van der Waals surface area contributed by atoms with Crippen molar-refractivity contribution in [3.8, 4) is 0 Å². The normalized spacial score (nSPS) is 11.3. The molecule has 2 N–H and O–H groups in total. The van der Waals surface area contributed by atoms with Crippen molar-refractivity contribution in [2.75, 3.05) is 5.43 Å². The number of nitrogens with zero attached hydrogens (tertiary/aromatic N) is 3. The molecule has 4 aromatic rings. The van der Waals surface area contributed by atoms with Gasteiger partial charge in [-0.3, -0.25) is 25.0 Å². The van der Waals surface area contributed by atoms with Crippen LogP contribution < -0.4 is 16.4 Å². The molecule has 0 bridgehead atoms. The van der Waals surface area contributed by atoms with Crippen molar-refractivity contribution in [2.45, 2.75) is 13.5 Å². The highest BCUT2D eigenvalue weighted by Crippen LogP contribution is 2.15. The molecule has 0 saturated carbocycles. The predicted molar refractivity (Wildman–Crippen MR) is 106 cm³/mol. The smallest absolute Gasteiger partial charge is 0.262 e. The number of fused-ring (bicyclic) bond motifs is 2. The van der Waals surface area contributed by atoms with E-state index >= 15 is 0 Å². The first-order chi connectivity index (χ1) is 13.7. The minimum atomic E-state index is -0.438. The number of nitrogens with one attached hydrogen (secondary N) is 2. The second kappa shape index (κ2) is 7.36. The molecular formula is C20H17N5O3. The Morgan fingerprint density at radius 3 is 2.64 bits per heavy atom. The van der Waals surface area contributed by atoms with Crippen LogP contribution in [0.5, 0.6) is 0 Å². The summed E-state index contributed by atoms with van der Waals surface area (Å²) in [6.07, 6.45) is 2.75. The number of oxazole rings is 1. The van der Waals surface area contributed by atoms with Gasteiger partial charge in [-0.2, -0.15) is 0 Å². The van der Waals surface area contributed by atoms with Gasteiger partial charge in [0.05, 0.1) is 10.9 Å². The highest BCUT2D eigenvalue weighted by atomic mass is 16.3. The molecule has 0 aliphatic rings. The number of aromatic nitrogens is 3. The summed E-state index contributed by atoms with van der Waals surface area (Å²) in [7, 11) is 0. The lowest BCUT2D eigenvalue weighted by atomic mass is 10.2. The molecule has 28 heavy (non-hydrogen) atoms. The predicted octanol–water partition coefficient (Wildman–Crippen LogP) is 2.71. The van der Waals surface area contributed by atoms with Crippen molar-refractivity contribution >= 4 is 39.9 Å². The van der Waals surface area contributed by atoms with Gasteiger partial charge in [0, 0.05) is 18.7 Å². The fourth-order valence-electron chi connectivity index (χ4n) is 2.82. The largest absolute Gasteiger partial charge is 0.437 e. The topological polar surface area (TPSA) is 102 Å². The standard InChI is InChI=1S/C20H17N5O3/c1-2-25-19(27)13-7-3-4-8-14(13)22-20(25)24-23-17(26)11-12-18-21-15-9-5-6-10-16(15)28-18/h3-12H,2H2,1H3,(H,22,24)(H,23,26)/b12-11+. The van der Waals surface area contributed by atoms with Crippen molar-refractivity contribution in [2.24, 2.45) is 0 Å². The van der Waals surface area contributed by atoms with Crippen LogP contribution in [0.4, 0.5) is 5.95 Å². The number of benzene rings is 2. The first kappa shape index (κ1) is 17.5. The maximum atomic E-state index is 12.6. The van der Waals surface area contributed by atoms with Gasteiger partial charge in [-0.1, -0.05) is 24.3 Å². The molecule has 2 aromatic carbocycles. The molecule has 0 saturated heterocycles. The lowest BCUT2D eigenvalue weighted by molar-refractivity contribution is -0.116. The van der Waals surface area contributed by atoms with Crippen molar-refractivity contribution in [1.29, 1.82) is 0 Å². The maximum Gasteiger partial charge on any atom is 0.262 e. The summed E-state index contributed by atoms with van der Waals surface area (Å²) in [5.41, 5.74) is 6.95. The Kier molecular flexibility index (Phi) is 4.59. The highest BCUT2D eigenvalue weighted by Gasteiger charge is 2.10. The Balaban J connectivity index is 1.50. The number of hydrogen-bond acceptors (Lipinski definition) is 6. The highest BCUT2D eigenvalue weighted by molar-refractivity contribution is 5.92. The average Bonchev–Trinajstić information content (AvgIpc) is 3.14. The van der Waals surface area contributed by atoms with Crippen molar-refractivity contribution in [1.82, 2.24) is 20.0 Å². The van der Waals surface area contributed by atoms with E-state index in [1.54, 1.807) is 30.3 Å². The number of hydrogen-bond donors (Lipinski definition) is 2. The monoisotopic (exact) mass is 375 g/mol. The van der Waals surface area contributed by atoms with Gasteiger partial charge < -0.3 is 4.42 Å². The number of carbonyl (C=O) groups is 1. The molecule has 0 fully saturated rings. The third-order valence-corrected chi connectivity index (χ3v) is 4.16. The van der Waals surface area contributed by atoms with E-state index in [-0.39, 0.29) is 11.5 Å². The molecule has 140 valence electrons. The molecule has 1 amide bonds. The van der Waals surface area contributed by atoms with E-state index in [1.807, 2.05) is 25.1 Å². The van der Waals surface area contributed by atoms with E-state index in [9.17, 15) is 9.59 Å². The number of carbonyl (C=O) groups excluding carboxylic acids is 1. The SMILES string of the molecule is CCn1c(NNC(=O)/C=C/c2nc3ccccc3o2)nc2ccccc2c1=O. The molecule has 8 nitrogen and oxygen atoms in total. The molecule has 0 atom stereocenters. The lowest BCUT2D eigenvalue weighted by Crippen LogP contribution is -2.33. The minimum absolute atomic E-state index is 0.174. The van der Waals surface area contributed by atoms with E-state index in [1.165, 1.54) is 16.7 Å². The summed E-state index contributed by atoms with van der Waals surface area (Å²) >= 11 is 0. The number of rotatable bonds is 5. The van der Waals surface area contributed by atoms with Crippen molar-refractivity contribution in [3.05, 3.63) is 70.9 Å². The van der Waals surface area contributed by atoms with Crippen molar-refractivity contribution < 1.29 is 9.21 Å².